The molecule has 2 heterocycles. The third kappa shape index (κ3) is 2.38. The Labute approximate surface area is 109 Å². The highest BCUT2D eigenvalue weighted by atomic mass is 79.9. The molecule has 18 heavy (non-hydrogen) atoms. The molecule has 0 bridgehead atoms. The Morgan fingerprint density at radius 2 is 2.22 bits per heavy atom. The van der Waals surface area contributed by atoms with Gasteiger partial charge >= 0.3 is 5.97 Å². The van der Waals surface area contributed by atoms with Crippen molar-refractivity contribution in [2.75, 3.05) is 0 Å². The first kappa shape index (κ1) is 12.2. The SMILES string of the molecule is O=C(O)c1ncccc1Oc1nc[nH]c(=O)c1Br. The molecule has 0 aliphatic carbocycles. The van der Waals surface area contributed by atoms with Crippen LogP contribution in [0, 0.1) is 0 Å². The van der Waals surface area contributed by atoms with E-state index in [0.29, 0.717) is 0 Å². The average Bonchev–Trinajstić information content (AvgIpc) is 2.35. The number of H-pyrrole nitrogens is 1. The maximum Gasteiger partial charge on any atom is 0.358 e. The lowest BCUT2D eigenvalue weighted by molar-refractivity contribution is 0.0687. The second-order valence-electron chi connectivity index (χ2n) is 3.11. The molecule has 2 N–H and O–H groups in total. The van der Waals surface area contributed by atoms with E-state index in [1.165, 1.54) is 18.3 Å². The molecular formula is C10H6BrN3O4. The highest BCUT2D eigenvalue weighted by molar-refractivity contribution is 9.10. The Balaban J connectivity index is 2.43. The fourth-order valence-electron chi connectivity index (χ4n) is 1.18. The second-order valence-corrected chi connectivity index (χ2v) is 3.90. The summed E-state index contributed by atoms with van der Waals surface area (Å²) < 4.78 is 5.34. The summed E-state index contributed by atoms with van der Waals surface area (Å²) >= 11 is 3.00. The van der Waals surface area contributed by atoms with Crippen LogP contribution in [0.15, 0.2) is 33.9 Å². The van der Waals surface area contributed by atoms with Crippen LogP contribution in [-0.2, 0) is 0 Å². The molecule has 8 heteroatoms. The van der Waals surface area contributed by atoms with Gasteiger partial charge in [0.05, 0.1) is 6.33 Å². The van der Waals surface area contributed by atoms with Crippen molar-refractivity contribution in [3.05, 3.63) is 45.2 Å². The van der Waals surface area contributed by atoms with Gasteiger partial charge in [-0.05, 0) is 28.1 Å². The van der Waals surface area contributed by atoms with E-state index in [-0.39, 0.29) is 21.8 Å². The molecule has 0 unspecified atom stereocenters. The molecule has 0 saturated carbocycles. The Bertz CT molecular complexity index is 656. The largest absolute Gasteiger partial charge is 0.476 e. The minimum atomic E-state index is -1.23. The topological polar surface area (TPSA) is 105 Å². The van der Waals surface area contributed by atoms with Gasteiger partial charge in [0, 0.05) is 6.20 Å². The van der Waals surface area contributed by atoms with Gasteiger partial charge in [0.15, 0.2) is 11.4 Å². The van der Waals surface area contributed by atoms with Gasteiger partial charge in [0.2, 0.25) is 5.88 Å². The first-order chi connectivity index (χ1) is 8.59. The van der Waals surface area contributed by atoms with E-state index in [4.69, 9.17) is 9.84 Å². The van der Waals surface area contributed by atoms with Crippen LogP contribution in [0.1, 0.15) is 10.5 Å². The highest BCUT2D eigenvalue weighted by Crippen LogP contribution is 2.25. The zero-order valence-electron chi connectivity index (χ0n) is 8.75. The molecule has 0 saturated heterocycles. The number of aromatic amines is 1. The minimum Gasteiger partial charge on any atom is -0.476 e. The van der Waals surface area contributed by atoms with E-state index in [1.807, 2.05) is 0 Å². The number of carboxylic acid groups (broad SMARTS) is 1. The van der Waals surface area contributed by atoms with Crippen molar-refractivity contribution in [2.24, 2.45) is 0 Å². The molecule has 0 radical (unpaired) electrons. The van der Waals surface area contributed by atoms with E-state index >= 15 is 0 Å². The molecule has 0 aliphatic rings. The van der Waals surface area contributed by atoms with Gasteiger partial charge in [-0.2, -0.15) is 0 Å². The summed E-state index contributed by atoms with van der Waals surface area (Å²) in [5.41, 5.74) is -0.688. The zero-order valence-corrected chi connectivity index (χ0v) is 10.3. The van der Waals surface area contributed by atoms with Gasteiger partial charge in [0.25, 0.3) is 5.56 Å². The van der Waals surface area contributed by atoms with Crippen molar-refractivity contribution in [3.63, 3.8) is 0 Å². The molecule has 0 aromatic carbocycles. The van der Waals surface area contributed by atoms with Crippen molar-refractivity contribution in [1.29, 1.82) is 0 Å². The van der Waals surface area contributed by atoms with E-state index in [2.05, 4.69) is 30.9 Å². The monoisotopic (exact) mass is 311 g/mol. The second kappa shape index (κ2) is 4.96. The van der Waals surface area contributed by atoms with Crippen LogP contribution in [-0.4, -0.2) is 26.0 Å². The Morgan fingerprint density at radius 1 is 1.44 bits per heavy atom. The Kier molecular flexibility index (Phi) is 3.38. The number of carboxylic acids is 1. The van der Waals surface area contributed by atoms with Gasteiger partial charge in [0.1, 0.15) is 4.47 Å². The maximum absolute atomic E-state index is 11.3. The summed E-state index contributed by atoms with van der Waals surface area (Å²) in [4.78, 5) is 32.0. The van der Waals surface area contributed by atoms with Crippen LogP contribution < -0.4 is 10.3 Å². The summed E-state index contributed by atoms with van der Waals surface area (Å²) in [5.74, 6) is -1.26. The van der Waals surface area contributed by atoms with Crippen LogP contribution in [0.4, 0.5) is 0 Å². The first-order valence-electron chi connectivity index (χ1n) is 4.69. The van der Waals surface area contributed by atoms with Gasteiger partial charge in [-0.1, -0.05) is 0 Å². The van der Waals surface area contributed by atoms with E-state index in [9.17, 15) is 9.59 Å². The number of nitrogens with one attached hydrogen (secondary N) is 1. The molecule has 0 fully saturated rings. The Morgan fingerprint density at radius 3 is 2.94 bits per heavy atom. The fraction of sp³-hybridized carbons (Fsp3) is 0. The number of nitrogens with zero attached hydrogens (tertiary/aromatic N) is 2. The lowest BCUT2D eigenvalue weighted by Gasteiger charge is -2.07. The van der Waals surface area contributed by atoms with E-state index in [1.54, 1.807) is 0 Å². The van der Waals surface area contributed by atoms with Crippen LogP contribution in [0.3, 0.4) is 0 Å². The summed E-state index contributed by atoms with van der Waals surface area (Å²) in [7, 11) is 0. The number of carbonyl (C=O) groups is 1. The molecule has 0 aliphatic heterocycles. The molecule has 2 aromatic heterocycles. The van der Waals surface area contributed by atoms with E-state index < -0.39 is 11.5 Å². The van der Waals surface area contributed by atoms with Crippen LogP contribution >= 0.6 is 15.9 Å². The molecular weight excluding hydrogens is 306 g/mol. The van der Waals surface area contributed by atoms with Crippen molar-refractivity contribution < 1.29 is 14.6 Å². The highest BCUT2D eigenvalue weighted by Gasteiger charge is 2.15. The maximum atomic E-state index is 11.3. The molecule has 92 valence electrons. The number of rotatable bonds is 3. The number of hydrogen-bond acceptors (Lipinski definition) is 5. The Hall–Kier alpha value is -2.22. The van der Waals surface area contributed by atoms with Gasteiger partial charge in [-0.15, -0.1) is 0 Å². The third-order valence-corrected chi connectivity index (χ3v) is 2.64. The van der Waals surface area contributed by atoms with Crippen LogP contribution in [0.25, 0.3) is 0 Å². The van der Waals surface area contributed by atoms with Crippen molar-refractivity contribution in [2.45, 2.75) is 0 Å². The molecule has 0 spiro atoms. The number of ether oxygens (including phenoxy) is 1. The molecule has 2 rings (SSSR count). The minimum absolute atomic E-state index is 0.00352. The number of pyridine rings is 1. The molecule has 0 atom stereocenters. The quantitative estimate of drug-likeness (QED) is 0.888. The summed E-state index contributed by atoms with van der Waals surface area (Å²) in [5, 5.41) is 8.93. The number of hydrogen-bond donors (Lipinski definition) is 2. The predicted octanol–water partition coefficient (Wildman–Crippen LogP) is 1.42. The number of aromatic nitrogens is 3. The van der Waals surface area contributed by atoms with Gasteiger partial charge in [-0.3, -0.25) is 4.79 Å². The zero-order chi connectivity index (χ0) is 13.1. The summed E-state index contributed by atoms with van der Waals surface area (Å²) in [6, 6.07) is 2.94. The molecule has 0 amide bonds. The fourth-order valence-corrected chi connectivity index (χ4v) is 1.47. The summed E-state index contributed by atoms with van der Waals surface area (Å²) in [6.45, 7) is 0. The number of aromatic carboxylic acids is 1. The smallest absolute Gasteiger partial charge is 0.358 e. The standard InChI is InChI=1S/C10H6BrN3O4/c11-6-8(15)13-4-14-9(6)18-5-2-1-3-12-7(5)10(16)17/h1-4H,(H,16,17)(H,13,14,15). The van der Waals surface area contributed by atoms with Gasteiger partial charge in [-0.25, -0.2) is 14.8 Å². The lowest BCUT2D eigenvalue weighted by atomic mass is 10.3. The number of halogens is 1. The molecule has 7 nitrogen and oxygen atoms in total. The first-order valence-corrected chi connectivity index (χ1v) is 5.48. The van der Waals surface area contributed by atoms with Crippen molar-refractivity contribution in [1.82, 2.24) is 15.0 Å². The summed E-state index contributed by atoms with van der Waals surface area (Å²) in [6.07, 6.45) is 2.48. The molecule has 2 aromatic rings. The van der Waals surface area contributed by atoms with E-state index in [0.717, 1.165) is 6.33 Å². The van der Waals surface area contributed by atoms with Crippen LogP contribution in [0.5, 0.6) is 11.6 Å². The lowest BCUT2D eigenvalue weighted by Crippen LogP contribution is -2.09. The van der Waals surface area contributed by atoms with Crippen molar-refractivity contribution in [3.8, 4) is 11.6 Å². The average molecular weight is 312 g/mol. The van der Waals surface area contributed by atoms with Crippen molar-refractivity contribution >= 4 is 21.9 Å². The normalized spacial score (nSPS) is 10.1. The van der Waals surface area contributed by atoms with Crippen LogP contribution in [0.2, 0.25) is 0 Å². The predicted molar refractivity (Wildman–Crippen MR) is 63.8 cm³/mol. The third-order valence-electron chi connectivity index (χ3n) is 1.94. The van der Waals surface area contributed by atoms with Gasteiger partial charge < -0.3 is 14.8 Å².